The number of nitrogens with zero attached hydrogens (tertiary/aromatic N) is 2. The van der Waals surface area contributed by atoms with Gasteiger partial charge in [0.25, 0.3) is 5.91 Å². The summed E-state index contributed by atoms with van der Waals surface area (Å²) in [6.07, 6.45) is 3.59. The van der Waals surface area contributed by atoms with Crippen LogP contribution in [-0.4, -0.2) is 32.9 Å². The third kappa shape index (κ3) is 5.65. The maximum absolute atomic E-state index is 13.6. The van der Waals surface area contributed by atoms with E-state index < -0.39 is 17.9 Å². The van der Waals surface area contributed by atoms with Gasteiger partial charge in [0.05, 0.1) is 17.1 Å². The number of hydrogen-bond donors (Lipinski definition) is 1. The predicted octanol–water partition coefficient (Wildman–Crippen LogP) is 6.46. The lowest BCUT2D eigenvalue weighted by Gasteiger charge is -2.29. The number of carbonyl (C=O) groups excluding carboxylic acids is 1. The summed E-state index contributed by atoms with van der Waals surface area (Å²) in [5, 5.41) is 10.7. The summed E-state index contributed by atoms with van der Waals surface area (Å²) in [4.78, 5) is 33.3. The first kappa shape index (κ1) is 24.0. The summed E-state index contributed by atoms with van der Waals surface area (Å²) in [5.41, 5.74) is 2.03. The highest BCUT2D eigenvalue weighted by Crippen LogP contribution is 2.30. The van der Waals surface area contributed by atoms with Gasteiger partial charge >= 0.3 is 5.97 Å². The summed E-state index contributed by atoms with van der Waals surface area (Å²) in [5.74, 6) is -1.56. The Morgan fingerprint density at radius 3 is 2.38 bits per heavy atom. The number of amides is 1. The molecule has 1 amide bonds. The molecule has 2 aromatic heterocycles. The van der Waals surface area contributed by atoms with Crippen molar-refractivity contribution in [3.63, 3.8) is 0 Å². The molecule has 5 nitrogen and oxygen atoms in total. The van der Waals surface area contributed by atoms with Gasteiger partial charge in [-0.2, -0.15) is 0 Å². The van der Waals surface area contributed by atoms with Crippen molar-refractivity contribution in [2.45, 2.75) is 19.0 Å². The third-order valence-corrected chi connectivity index (χ3v) is 6.98. The monoisotopic (exact) mass is 510 g/mol. The lowest BCUT2D eigenvalue weighted by atomic mass is 10.0. The lowest BCUT2D eigenvalue weighted by Crippen LogP contribution is -2.46. The van der Waals surface area contributed by atoms with E-state index in [-0.39, 0.29) is 23.6 Å². The average Bonchev–Trinajstić information content (AvgIpc) is 3.31. The van der Waals surface area contributed by atoms with Gasteiger partial charge in [0.1, 0.15) is 6.04 Å². The van der Waals surface area contributed by atoms with Crippen molar-refractivity contribution in [2.24, 2.45) is 0 Å². The highest BCUT2D eigenvalue weighted by molar-refractivity contribution is 7.15. The number of hydrogen-bond acceptors (Lipinski definition) is 4. The van der Waals surface area contributed by atoms with Gasteiger partial charge in [0.15, 0.2) is 0 Å². The molecule has 0 bridgehead atoms. The molecular formula is C26H20Cl2N2O3S. The molecule has 0 saturated heterocycles. The van der Waals surface area contributed by atoms with Crippen molar-refractivity contribution in [3.8, 4) is 10.4 Å². The summed E-state index contributed by atoms with van der Waals surface area (Å²) in [6, 6.07) is 20.4. The fraction of sp³-hybridized carbons (Fsp3) is 0.115. The van der Waals surface area contributed by atoms with E-state index in [2.05, 4.69) is 4.98 Å². The zero-order chi connectivity index (χ0) is 24.1. The van der Waals surface area contributed by atoms with Gasteiger partial charge in [0.2, 0.25) is 0 Å². The number of carboxylic acid groups (broad SMARTS) is 1. The molecule has 8 heteroatoms. The summed E-state index contributed by atoms with van der Waals surface area (Å²) >= 11 is 13.8. The molecule has 1 N–H and O–H groups in total. The van der Waals surface area contributed by atoms with E-state index in [0.717, 1.165) is 20.9 Å². The van der Waals surface area contributed by atoms with Crippen LogP contribution in [0.4, 0.5) is 0 Å². The fourth-order valence-electron chi connectivity index (χ4n) is 3.61. The van der Waals surface area contributed by atoms with Gasteiger partial charge in [0, 0.05) is 33.6 Å². The van der Waals surface area contributed by atoms with Crippen LogP contribution < -0.4 is 0 Å². The molecule has 0 unspecified atom stereocenters. The van der Waals surface area contributed by atoms with Crippen molar-refractivity contribution in [3.05, 3.63) is 111 Å². The standard InChI is InChI=1S/C26H20Cl2N2O3S/c27-19-6-8-21(22(28)15-19)25(31)30(23(26(32)33)14-17-4-2-1-3-5-17)16-20-7-9-24(34-20)18-10-12-29-13-11-18/h1-13,15,23H,14,16H2,(H,32,33)/t23-/m0/s1. The van der Waals surface area contributed by atoms with E-state index in [1.165, 1.54) is 28.4 Å². The molecule has 4 aromatic rings. The van der Waals surface area contributed by atoms with Crippen molar-refractivity contribution < 1.29 is 14.7 Å². The van der Waals surface area contributed by atoms with E-state index in [0.29, 0.717) is 5.02 Å². The van der Waals surface area contributed by atoms with Gasteiger partial charge in [-0.15, -0.1) is 11.3 Å². The molecule has 2 aromatic carbocycles. The van der Waals surface area contributed by atoms with Crippen LogP contribution in [0.25, 0.3) is 10.4 Å². The molecule has 2 heterocycles. The number of benzene rings is 2. The Morgan fingerprint density at radius 2 is 1.71 bits per heavy atom. The molecule has 172 valence electrons. The molecule has 34 heavy (non-hydrogen) atoms. The number of aliphatic carboxylic acids is 1. The van der Waals surface area contributed by atoms with Crippen molar-refractivity contribution >= 4 is 46.4 Å². The van der Waals surface area contributed by atoms with E-state index in [4.69, 9.17) is 23.2 Å². The first-order valence-electron chi connectivity index (χ1n) is 10.4. The molecule has 0 spiro atoms. The Balaban J connectivity index is 1.70. The highest BCUT2D eigenvalue weighted by Gasteiger charge is 2.32. The molecule has 0 aliphatic heterocycles. The minimum atomic E-state index is -1.09. The number of halogens is 2. The maximum Gasteiger partial charge on any atom is 0.326 e. The second kappa shape index (κ2) is 10.8. The number of rotatable bonds is 8. The topological polar surface area (TPSA) is 70.5 Å². The van der Waals surface area contributed by atoms with E-state index in [1.807, 2.05) is 54.6 Å². The van der Waals surface area contributed by atoms with Crippen LogP contribution in [0.5, 0.6) is 0 Å². The SMILES string of the molecule is O=C(O)[C@H](Cc1ccccc1)N(Cc1ccc(-c2ccncc2)s1)C(=O)c1ccc(Cl)cc1Cl. The van der Waals surface area contributed by atoms with Crippen LogP contribution in [0.3, 0.4) is 0 Å². The van der Waals surface area contributed by atoms with Gasteiger partial charge in [-0.25, -0.2) is 4.79 Å². The van der Waals surface area contributed by atoms with Crippen molar-refractivity contribution in [2.75, 3.05) is 0 Å². The van der Waals surface area contributed by atoms with Crippen LogP contribution in [-0.2, 0) is 17.8 Å². The van der Waals surface area contributed by atoms with Crippen LogP contribution in [0.2, 0.25) is 10.0 Å². The Bertz CT molecular complexity index is 1300. The summed E-state index contributed by atoms with van der Waals surface area (Å²) in [7, 11) is 0. The lowest BCUT2D eigenvalue weighted by molar-refractivity contribution is -0.142. The number of carboxylic acids is 1. The van der Waals surface area contributed by atoms with Gasteiger partial charge in [-0.05, 0) is 53.6 Å². The Morgan fingerprint density at radius 1 is 0.971 bits per heavy atom. The zero-order valence-corrected chi connectivity index (χ0v) is 20.2. The highest BCUT2D eigenvalue weighted by atomic mass is 35.5. The molecule has 1 atom stereocenters. The summed E-state index contributed by atoms with van der Waals surface area (Å²) in [6.45, 7) is 0.122. The molecule has 0 fully saturated rings. The molecule has 0 aliphatic carbocycles. The first-order chi connectivity index (χ1) is 16.4. The zero-order valence-electron chi connectivity index (χ0n) is 17.9. The Kier molecular flexibility index (Phi) is 7.63. The molecule has 0 radical (unpaired) electrons. The van der Waals surface area contributed by atoms with Crippen molar-refractivity contribution in [1.82, 2.24) is 9.88 Å². The molecular weight excluding hydrogens is 491 g/mol. The van der Waals surface area contributed by atoms with Crippen molar-refractivity contribution in [1.29, 1.82) is 0 Å². The van der Waals surface area contributed by atoms with E-state index >= 15 is 0 Å². The quantitative estimate of drug-likeness (QED) is 0.295. The van der Waals surface area contributed by atoms with Gasteiger partial charge < -0.3 is 10.0 Å². The predicted molar refractivity (Wildman–Crippen MR) is 135 cm³/mol. The molecule has 0 aliphatic rings. The van der Waals surface area contributed by atoms with Crippen LogP contribution in [0.1, 0.15) is 20.8 Å². The Hall–Kier alpha value is -3.19. The first-order valence-corrected chi connectivity index (χ1v) is 12.0. The Labute approximate surface area is 211 Å². The summed E-state index contributed by atoms with van der Waals surface area (Å²) < 4.78 is 0. The second-order valence-corrected chi connectivity index (χ2v) is 9.61. The number of thiophene rings is 1. The normalized spacial score (nSPS) is 11.7. The minimum absolute atomic E-state index is 0.122. The number of carbonyl (C=O) groups is 2. The molecule has 4 rings (SSSR count). The van der Waals surface area contributed by atoms with E-state index in [9.17, 15) is 14.7 Å². The van der Waals surface area contributed by atoms with Crippen LogP contribution in [0, 0.1) is 0 Å². The minimum Gasteiger partial charge on any atom is -0.480 e. The largest absolute Gasteiger partial charge is 0.480 e. The average molecular weight is 511 g/mol. The van der Waals surface area contributed by atoms with Crippen LogP contribution >= 0.6 is 34.5 Å². The number of pyridine rings is 1. The number of aromatic nitrogens is 1. The fourth-order valence-corrected chi connectivity index (χ4v) is 5.11. The van der Waals surface area contributed by atoms with Gasteiger partial charge in [-0.1, -0.05) is 53.5 Å². The second-order valence-electron chi connectivity index (χ2n) is 7.60. The van der Waals surface area contributed by atoms with E-state index in [1.54, 1.807) is 18.5 Å². The third-order valence-electron chi connectivity index (χ3n) is 5.31. The smallest absolute Gasteiger partial charge is 0.326 e. The van der Waals surface area contributed by atoms with Gasteiger partial charge in [-0.3, -0.25) is 9.78 Å². The van der Waals surface area contributed by atoms with Crippen LogP contribution in [0.15, 0.2) is 85.2 Å². The molecule has 0 saturated carbocycles. The maximum atomic E-state index is 13.6.